The van der Waals surface area contributed by atoms with Gasteiger partial charge < -0.3 is 19.4 Å². The minimum Gasteiger partial charge on any atom is -0.463 e. The van der Waals surface area contributed by atoms with Gasteiger partial charge in [-0.1, -0.05) is 0 Å². The number of nitrogens with zero attached hydrogens (tertiary/aromatic N) is 4. The lowest BCUT2D eigenvalue weighted by Gasteiger charge is -2.16. The number of alkyl halides is 1. The van der Waals surface area contributed by atoms with Gasteiger partial charge in [0.05, 0.1) is 19.2 Å². The van der Waals surface area contributed by atoms with Crippen molar-refractivity contribution in [3.63, 3.8) is 0 Å². The fourth-order valence-electron chi connectivity index (χ4n) is 2.75. The number of aliphatic hydroxyl groups excluding tert-OH is 2. The molecule has 3 aromatic rings. The van der Waals surface area contributed by atoms with Gasteiger partial charge >= 0.3 is 0 Å². The molecule has 1 aliphatic heterocycles. The van der Waals surface area contributed by atoms with Crippen molar-refractivity contribution in [2.45, 2.75) is 24.6 Å². The third-order valence-electron chi connectivity index (χ3n) is 3.89. The molecule has 4 atom stereocenters. The summed E-state index contributed by atoms with van der Waals surface area (Å²) in [5.74, 6) is 0.444. The van der Waals surface area contributed by atoms with E-state index in [4.69, 9.17) is 25.9 Å². The number of aromatic nitrogens is 4. The van der Waals surface area contributed by atoms with Crippen molar-refractivity contribution < 1.29 is 23.8 Å². The minimum atomic E-state index is -1.72. The predicted molar refractivity (Wildman–Crippen MR) is 79.9 cm³/mol. The Morgan fingerprint density at radius 2 is 2.21 bits per heavy atom. The maximum absolute atomic E-state index is 14.0. The molecule has 1 fully saturated rings. The Hall–Kier alpha value is -2.07. The van der Waals surface area contributed by atoms with Gasteiger partial charge in [0.2, 0.25) is 5.28 Å². The number of aliphatic hydroxyl groups is 2. The Morgan fingerprint density at radius 1 is 1.38 bits per heavy atom. The van der Waals surface area contributed by atoms with E-state index in [0.717, 1.165) is 0 Å². The molecule has 0 spiro atoms. The third kappa shape index (κ3) is 2.28. The minimum absolute atomic E-state index is 0.0568. The molecule has 0 bridgehead atoms. The van der Waals surface area contributed by atoms with Crippen LogP contribution in [0.3, 0.4) is 0 Å². The van der Waals surface area contributed by atoms with E-state index in [1.807, 2.05) is 0 Å². The molecule has 0 amide bonds. The first kappa shape index (κ1) is 15.5. The zero-order chi connectivity index (χ0) is 16.8. The SMILES string of the molecule is OC[C@H]1O[C@@H](n2cnc3c(-c4ccco4)nc(Cl)nc32)[C@H](O)[C@@H]1F. The summed E-state index contributed by atoms with van der Waals surface area (Å²) in [5, 5.41) is 19.1. The second kappa shape index (κ2) is 5.78. The van der Waals surface area contributed by atoms with Gasteiger partial charge in [-0.3, -0.25) is 4.57 Å². The van der Waals surface area contributed by atoms with Gasteiger partial charge in [0, 0.05) is 0 Å². The molecule has 0 aromatic carbocycles. The summed E-state index contributed by atoms with van der Waals surface area (Å²) in [6, 6.07) is 3.38. The summed E-state index contributed by atoms with van der Waals surface area (Å²) in [6.07, 6.45) is -2.57. The molecule has 4 rings (SSSR count). The number of hydrogen-bond donors (Lipinski definition) is 2. The van der Waals surface area contributed by atoms with Crippen molar-refractivity contribution in [2.24, 2.45) is 0 Å². The van der Waals surface area contributed by atoms with Gasteiger partial charge in [0.15, 0.2) is 23.8 Å². The van der Waals surface area contributed by atoms with Crippen LogP contribution in [0.15, 0.2) is 29.1 Å². The number of fused-ring (bicyclic) bond motifs is 1. The lowest BCUT2D eigenvalue weighted by atomic mass is 10.1. The fourth-order valence-corrected chi connectivity index (χ4v) is 2.91. The largest absolute Gasteiger partial charge is 0.463 e. The van der Waals surface area contributed by atoms with E-state index < -0.39 is 31.2 Å². The molecule has 4 heterocycles. The summed E-state index contributed by atoms with van der Waals surface area (Å²) in [7, 11) is 0. The number of ether oxygens (including phenoxy) is 1. The van der Waals surface area contributed by atoms with Gasteiger partial charge in [-0.15, -0.1) is 0 Å². The zero-order valence-corrected chi connectivity index (χ0v) is 12.8. The van der Waals surface area contributed by atoms with Crippen molar-refractivity contribution >= 4 is 22.8 Å². The molecule has 126 valence electrons. The monoisotopic (exact) mass is 354 g/mol. The predicted octanol–water partition coefficient (Wildman–Crippen LogP) is 1.33. The first-order chi connectivity index (χ1) is 11.6. The fraction of sp³-hybridized carbons (Fsp3) is 0.357. The average molecular weight is 355 g/mol. The smallest absolute Gasteiger partial charge is 0.225 e. The van der Waals surface area contributed by atoms with Gasteiger partial charge in [0.1, 0.15) is 23.4 Å². The van der Waals surface area contributed by atoms with Crippen LogP contribution in [0, 0.1) is 0 Å². The normalized spacial score (nSPS) is 27.2. The quantitative estimate of drug-likeness (QED) is 0.683. The Kier molecular flexibility index (Phi) is 3.72. The van der Waals surface area contributed by atoms with E-state index in [2.05, 4.69) is 15.0 Å². The number of hydrogen-bond acceptors (Lipinski definition) is 7. The third-order valence-corrected chi connectivity index (χ3v) is 4.06. The van der Waals surface area contributed by atoms with Crippen LogP contribution < -0.4 is 0 Å². The first-order valence-electron chi connectivity index (χ1n) is 7.12. The van der Waals surface area contributed by atoms with E-state index in [-0.39, 0.29) is 10.9 Å². The van der Waals surface area contributed by atoms with Crippen LogP contribution in [0.4, 0.5) is 4.39 Å². The number of imidazole rings is 1. The van der Waals surface area contributed by atoms with Crippen molar-refractivity contribution in [1.29, 1.82) is 0 Å². The van der Waals surface area contributed by atoms with E-state index in [0.29, 0.717) is 17.0 Å². The second-order valence-corrected chi connectivity index (χ2v) is 5.66. The highest BCUT2D eigenvalue weighted by Gasteiger charge is 2.45. The average Bonchev–Trinajstić information content (AvgIpc) is 3.28. The van der Waals surface area contributed by atoms with Crippen LogP contribution in [0.5, 0.6) is 0 Å². The second-order valence-electron chi connectivity index (χ2n) is 5.33. The summed E-state index contributed by atoms with van der Waals surface area (Å²) in [4.78, 5) is 12.4. The van der Waals surface area contributed by atoms with Crippen LogP contribution in [0.2, 0.25) is 5.28 Å². The van der Waals surface area contributed by atoms with Crippen LogP contribution in [-0.4, -0.2) is 54.7 Å². The van der Waals surface area contributed by atoms with Crippen molar-refractivity contribution in [3.05, 3.63) is 30.0 Å². The van der Waals surface area contributed by atoms with E-state index >= 15 is 0 Å². The standard InChI is InChI=1S/C14H12ClFN4O4/c15-14-18-9(6-2-1-3-23-6)10-12(19-14)20(5-17-10)13-11(22)8(16)7(4-21)24-13/h1-3,5,7-8,11,13,21-22H,4H2/t7-,8-,11-,13-/m1/s1. The number of furan rings is 1. The highest BCUT2D eigenvalue weighted by Crippen LogP contribution is 2.35. The molecular weight excluding hydrogens is 343 g/mol. The maximum atomic E-state index is 14.0. The molecule has 0 aliphatic carbocycles. The molecule has 1 aliphatic rings. The lowest BCUT2D eigenvalue weighted by Crippen LogP contribution is -2.29. The topological polar surface area (TPSA) is 106 Å². The van der Waals surface area contributed by atoms with Gasteiger partial charge in [-0.25, -0.2) is 14.4 Å². The van der Waals surface area contributed by atoms with Crippen LogP contribution in [0.25, 0.3) is 22.6 Å². The molecule has 0 unspecified atom stereocenters. The van der Waals surface area contributed by atoms with Gasteiger partial charge in [-0.2, -0.15) is 4.98 Å². The molecule has 1 saturated heterocycles. The molecular formula is C14H12ClFN4O4. The highest BCUT2D eigenvalue weighted by atomic mass is 35.5. The maximum Gasteiger partial charge on any atom is 0.225 e. The molecule has 2 N–H and O–H groups in total. The van der Waals surface area contributed by atoms with Crippen LogP contribution in [-0.2, 0) is 4.74 Å². The highest BCUT2D eigenvalue weighted by molar-refractivity contribution is 6.28. The molecule has 0 radical (unpaired) electrons. The van der Waals surface area contributed by atoms with E-state index in [1.54, 1.807) is 12.1 Å². The van der Waals surface area contributed by atoms with Gasteiger partial charge in [0.25, 0.3) is 0 Å². The Morgan fingerprint density at radius 3 is 2.88 bits per heavy atom. The van der Waals surface area contributed by atoms with E-state index in [9.17, 15) is 9.50 Å². The molecule has 8 nitrogen and oxygen atoms in total. The van der Waals surface area contributed by atoms with Crippen LogP contribution in [0.1, 0.15) is 6.23 Å². The van der Waals surface area contributed by atoms with Crippen molar-refractivity contribution in [3.8, 4) is 11.5 Å². The Labute approximate surface area is 139 Å². The van der Waals surface area contributed by atoms with Crippen LogP contribution >= 0.6 is 11.6 Å². The number of halogens is 2. The van der Waals surface area contributed by atoms with Crippen molar-refractivity contribution in [1.82, 2.24) is 19.5 Å². The molecule has 3 aromatic heterocycles. The van der Waals surface area contributed by atoms with Crippen molar-refractivity contribution in [2.75, 3.05) is 6.61 Å². The summed E-state index contributed by atoms with van der Waals surface area (Å²) < 4.78 is 26.0. The summed E-state index contributed by atoms with van der Waals surface area (Å²) in [6.45, 7) is -0.547. The lowest BCUT2D eigenvalue weighted by molar-refractivity contribution is -0.0495. The van der Waals surface area contributed by atoms with Gasteiger partial charge in [-0.05, 0) is 23.7 Å². The molecule has 10 heteroatoms. The Balaban J connectivity index is 1.84. The molecule has 0 saturated carbocycles. The first-order valence-corrected chi connectivity index (χ1v) is 7.50. The zero-order valence-electron chi connectivity index (χ0n) is 12.1. The number of rotatable bonds is 3. The summed E-state index contributed by atoms with van der Waals surface area (Å²) in [5.41, 5.74) is 1.00. The summed E-state index contributed by atoms with van der Waals surface area (Å²) >= 11 is 5.97. The Bertz CT molecular complexity index is 871. The molecule has 24 heavy (non-hydrogen) atoms. The van der Waals surface area contributed by atoms with E-state index in [1.165, 1.54) is 17.2 Å².